The summed E-state index contributed by atoms with van der Waals surface area (Å²) in [6.45, 7) is 3.77. The highest BCUT2D eigenvalue weighted by atomic mass is 32.2. The molecule has 1 atom stereocenters. The van der Waals surface area contributed by atoms with Crippen molar-refractivity contribution in [3.63, 3.8) is 0 Å². The molecule has 0 saturated carbocycles. The quantitative estimate of drug-likeness (QED) is 0.915. The Bertz CT molecular complexity index is 532. The fourth-order valence-corrected chi connectivity index (χ4v) is 3.17. The lowest BCUT2D eigenvalue weighted by Crippen LogP contribution is -2.43. The number of aryl methyl sites for hydroxylation is 1. The predicted octanol–water partition coefficient (Wildman–Crippen LogP) is 1.67. The summed E-state index contributed by atoms with van der Waals surface area (Å²) >= 11 is 1.44. The predicted molar refractivity (Wildman–Crippen MR) is 77.0 cm³/mol. The van der Waals surface area contributed by atoms with Gasteiger partial charge in [-0.15, -0.1) is 11.8 Å². The van der Waals surface area contributed by atoms with E-state index in [1.54, 1.807) is 0 Å². The van der Waals surface area contributed by atoms with Crippen LogP contribution in [0.15, 0.2) is 18.2 Å². The van der Waals surface area contributed by atoms with Crippen molar-refractivity contribution in [2.24, 2.45) is 0 Å². The van der Waals surface area contributed by atoms with E-state index in [9.17, 15) is 9.59 Å². The molecular formula is C14H17NO4S. The zero-order valence-corrected chi connectivity index (χ0v) is 12.3. The van der Waals surface area contributed by atoms with E-state index in [1.807, 2.05) is 32.0 Å². The van der Waals surface area contributed by atoms with Crippen LogP contribution in [0.4, 0.5) is 0 Å². The lowest BCUT2D eigenvalue weighted by atomic mass is 10.1. The van der Waals surface area contributed by atoms with E-state index in [4.69, 9.17) is 9.84 Å². The maximum Gasteiger partial charge on any atom is 0.327 e. The third kappa shape index (κ3) is 3.07. The Morgan fingerprint density at radius 1 is 1.45 bits per heavy atom. The van der Waals surface area contributed by atoms with E-state index in [0.29, 0.717) is 17.4 Å². The molecular weight excluding hydrogens is 278 g/mol. The van der Waals surface area contributed by atoms with E-state index in [1.165, 1.54) is 16.7 Å². The van der Waals surface area contributed by atoms with E-state index < -0.39 is 12.0 Å². The van der Waals surface area contributed by atoms with Gasteiger partial charge >= 0.3 is 5.97 Å². The van der Waals surface area contributed by atoms with Crippen LogP contribution >= 0.6 is 11.8 Å². The fraction of sp³-hybridized carbons (Fsp3) is 0.429. The molecule has 1 amide bonds. The van der Waals surface area contributed by atoms with E-state index >= 15 is 0 Å². The number of aliphatic carboxylic acids is 1. The summed E-state index contributed by atoms with van der Waals surface area (Å²) in [5, 5.41) is 9.05. The number of carboxylic acids is 1. The lowest BCUT2D eigenvalue weighted by Gasteiger charge is -2.20. The number of hydrogen-bond donors (Lipinski definition) is 1. The number of carbonyl (C=O) groups excluding carboxylic acids is 1. The van der Waals surface area contributed by atoms with Gasteiger partial charge in [-0.05, 0) is 31.0 Å². The minimum absolute atomic E-state index is 0.130. The largest absolute Gasteiger partial charge is 0.483 e. The first-order valence-corrected chi connectivity index (χ1v) is 7.45. The summed E-state index contributed by atoms with van der Waals surface area (Å²) in [5.41, 5.74) is 2.08. The van der Waals surface area contributed by atoms with Gasteiger partial charge in [-0.2, -0.15) is 0 Å². The molecule has 1 saturated heterocycles. The van der Waals surface area contributed by atoms with Gasteiger partial charge in [0, 0.05) is 5.75 Å². The first kappa shape index (κ1) is 14.7. The van der Waals surface area contributed by atoms with Crippen LogP contribution in [-0.4, -0.2) is 46.2 Å². The molecule has 1 fully saturated rings. The number of hydrogen-bond acceptors (Lipinski definition) is 4. The second-order valence-electron chi connectivity index (χ2n) is 4.70. The molecule has 0 bridgehead atoms. The number of carboxylic acid groups (broad SMARTS) is 1. The lowest BCUT2D eigenvalue weighted by molar-refractivity contribution is -0.148. The molecule has 1 aliphatic heterocycles. The molecule has 0 radical (unpaired) electrons. The molecule has 0 aliphatic carbocycles. The second kappa shape index (κ2) is 6.17. The molecule has 20 heavy (non-hydrogen) atoms. The third-order valence-corrected chi connectivity index (χ3v) is 4.41. The van der Waals surface area contributed by atoms with Crippen molar-refractivity contribution in [1.29, 1.82) is 0 Å². The van der Waals surface area contributed by atoms with Crippen LogP contribution in [0.25, 0.3) is 0 Å². The van der Waals surface area contributed by atoms with E-state index in [2.05, 4.69) is 0 Å². The molecule has 1 heterocycles. The minimum Gasteiger partial charge on any atom is -0.483 e. The Hall–Kier alpha value is -1.69. The van der Waals surface area contributed by atoms with Crippen LogP contribution in [0.1, 0.15) is 11.1 Å². The Balaban J connectivity index is 1.98. The van der Waals surface area contributed by atoms with Crippen LogP contribution in [0.3, 0.4) is 0 Å². The average Bonchev–Trinajstić information content (AvgIpc) is 2.89. The molecule has 2 rings (SSSR count). The highest BCUT2D eigenvalue weighted by molar-refractivity contribution is 7.99. The second-order valence-corrected chi connectivity index (χ2v) is 5.70. The van der Waals surface area contributed by atoms with Gasteiger partial charge in [0.25, 0.3) is 5.91 Å². The molecule has 0 spiro atoms. The van der Waals surface area contributed by atoms with Gasteiger partial charge < -0.3 is 14.7 Å². The monoisotopic (exact) mass is 295 g/mol. The standard InChI is InChI=1S/C14H17NO4S/c1-9-4-3-5-12(10(9)2)19-6-13(16)15-8-20-7-11(15)14(17)18/h3-5,11H,6-8H2,1-2H3,(H,17,18). The maximum absolute atomic E-state index is 12.1. The fourth-order valence-electron chi connectivity index (χ4n) is 2.00. The summed E-state index contributed by atoms with van der Waals surface area (Å²) < 4.78 is 5.53. The van der Waals surface area contributed by atoms with Crippen molar-refractivity contribution < 1.29 is 19.4 Å². The summed E-state index contributed by atoms with van der Waals surface area (Å²) in [4.78, 5) is 24.5. The maximum atomic E-state index is 12.1. The molecule has 1 unspecified atom stereocenters. The molecule has 108 valence electrons. The summed E-state index contributed by atoms with van der Waals surface area (Å²) in [6, 6.07) is 4.91. The number of thioether (sulfide) groups is 1. The number of ether oxygens (including phenoxy) is 1. The normalized spacial score (nSPS) is 18.1. The molecule has 1 aromatic rings. The highest BCUT2D eigenvalue weighted by Gasteiger charge is 2.34. The number of benzene rings is 1. The third-order valence-electron chi connectivity index (χ3n) is 3.39. The van der Waals surface area contributed by atoms with Crippen LogP contribution in [0.5, 0.6) is 5.75 Å². The molecule has 1 aromatic carbocycles. The van der Waals surface area contributed by atoms with Gasteiger partial charge in [0.1, 0.15) is 11.8 Å². The Kier molecular flexibility index (Phi) is 4.54. The Morgan fingerprint density at radius 2 is 2.20 bits per heavy atom. The zero-order valence-electron chi connectivity index (χ0n) is 11.5. The van der Waals surface area contributed by atoms with Crippen molar-refractivity contribution in [1.82, 2.24) is 4.90 Å². The first-order valence-electron chi connectivity index (χ1n) is 6.29. The van der Waals surface area contributed by atoms with Gasteiger partial charge in [0.2, 0.25) is 0 Å². The average molecular weight is 295 g/mol. The summed E-state index contributed by atoms with van der Waals surface area (Å²) in [7, 11) is 0. The van der Waals surface area contributed by atoms with Gasteiger partial charge in [-0.3, -0.25) is 4.79 Å². The van der Waals surface area contributed by atoms with Gasteiger partial charge in [0.05, 0.1) is 5.88 Å². The smallest absolute Gasteiger partial charge is 0.327 e. The number of carbonyl (C=O) groups is 2. The Morgan fingerprint density at radius 3 is 2.90 bits per heavy atom. The molecule has 1 aliphatic rings. The van der Waals surface area contributed by atoms with E-state index in [-0.39, 0.29) is 12.5 Å². The van der Waals surface area contributed by atoms with Gasteiger partial charge in [-0.25, -0.2) is 4.79 Å². The molecule has 0 aromatic heterocycles. The van der Waals surface area contributed by atoms with E-state index in [0.717, 1.165) is 11.1 Å². The van der Waals surface area contributed by atoms with Gasteiger partial charge in [0.15, 0.2) is 6.61 Å². The summed E-state index contributed by atoms with van der Waals surface area (Å²) in [6.07, 6.45) is 0. The van der Waals surface area contributed by atoms with Crippen LogP contribution < -0.4 is 4.74 Å². The molecule has 5 nitrogen and oxygen atoms in total. The number of rotatable bonds is 4. The van der Waals surface area contributed by atoms with Crippen LogP contribution in [0.2, 0.25) is 0 Å². The van der Waals surface area contributed by atoms with Crippen LogP contribution in [0, 0.1) is 13.8 Å². The minimum atomic E-state index is -0.963. The highest BCUT2D eigenvalue weighted by Crippen LogP contribution is 2.23. The van der Waals surface area contributed by atoms with Crippen LogP contribution in [-0.2, 0) is 9.59 Å². The van der Waals surface area contributed by atoms with Crippen molar-refractivity contribution in [3.8, 4) is 5.75 Å². The Labute approximate surface area is 121 Å². The molecule has 1 N–H and O–H groups in total. The first-order chi connectivity index (χ1) is 9.50. The number of nitrogens with zero attached hydrogens (tertiary/aromatic N) is 1. The van der Waals surface area contributed by atoms with Crippen molar-refractivity contribution in [3.05, 3.63) is 29.3 Å². The van der Waals surface area contributed by atoms with Gasteiger partial charge in [-0.1, -0.05) is 12.1 Å². The summed E-state index contributed by atoms with van der Waals surface area (Å²) in [5.74, 6) is 0.256. The van der Waals surface area contributed by atoms with Crippen molar-refractivity contribution >= 4 is 23.6 Å². The molecule has 6 heteroatoms. The zero-order chi connectivity index (χ0) is 14.7. The SMILES string of the molecule is Cc1cccc(OCC(=O)N2CSCC2C(=O)O)c1C. The van der Waals surface area contributed by atoms with Crippen molar-refractivity contribution in [2.75, 3.05) is 18.2 Å². The van der Waals surface area contributed by atoms with Crippen molar-refractivity contribution in [2.45, 2.75) is 19.9 Å². The number of amides is 1. The topological polar surface area (TPSA) is 66.8 Å².